The second kappa shape index (κ2) is 7.16. The van der Waals surface area contributed by atoms with Gasteiger partial charge in [-0.25, -0.2) is 4.98 Å². The van der Waals surface area contributed by atoms with Crippen molar-refractivity contribution in [3.05, 3.63) is 87.9 Å². The van der Waals surface area contributed by atoms with Crippen molar-refractivity contribution in [1.82, 2.24) is 9.97 Å². The van der Waals surface area contributed by atoms with Crippen LogP contribution in [0.3, 0.4) is 0 Å². The number of H-pyrrole nitrogens is 1. The Balaban J connectivity index is 1.92. The summed E-state index contributed by atoms with van der Waals surface area (Å²) in [4.78, 5) is 8.24. The molecule has 0 aliphatic heterocycles. The van der Waals surface area contributed by atoms with E-state index >= 15 is 0 Å². The summed E-state index contributed by atoms with van der Waals surface area (Å²) >= 11 is 18.4. The normalized spacial score (nSPS) is 10.9. The van der Waals surface area contributed by atoms with Crippen LogP contribution in [0.25, 0.3) is 33.9 Å². The monoisotopic (exact) mass is 398 g/mol. The number of aromatic nitrogens is 2. The van der Waals surface area contributed by atoms with Gasteiger partial charge in [0.05, 0.1) is 16.4 Å². The van der Waals surface area contributed by atoms with Gasteiger partial charge >= 0.3 is 0 Å². The third-order valence-corrected chi connectivity index (χ3v) is 4.92. The summed E-state index contributed by atoms with van der Waals surface area (Å²) in [6.45, 7) is 0. The molecule has 0 radical (unpaired) electrons. The maximum absolute atomic E-state index is 6.36. The largest absolute Gasteiger partial charge is 0.337 e. The number of hydrogen-bond acceptors (Lipinski definition) is 1. The summed E-state index contributed by atoms with van der Waals surface area (Å²) in [6.07, 6.45) is 0. The molecule has 0 bridgehead atoms. The van der Waals surface area contributed by atoms with E-state index in [0.29, 0.717) is 20.9 Å². The van der Waals surface area contributed by atoms with E-state index < -0.39 is 0 Å². The van der Waals surface area contributed by atoms with Gasteiger partial charge in [-0.1, -0.05) is 71.2 Å². The van der Waals surface area contributed by atoms with E-state index in [4.69, 9.17) is 39.8 Å². The van der Waals surface area contributed by atoms with Gasteiger partial charge in [0.2, 0.25) is 0 Å². The molecule has 0 aliphatic rings. The van der Waals surface area contributed by atoms with Crippen molar-refractivity contribution >= 4 is 34.8 Å². The minimum Gasteiger partial charge on any atom is -0.337 e. The Hall–Kier alpha value is -2.26. The number of nitrogens with one attached hydrogen (secondary N) is 1. The molecule has 0 aliphatic carbocycles. The number of hydrogen-bond donors (Lipinski definition) is 1. The first-order valence-corrected chi connectivity index (χ1v) is 9.12. The number of nitrogens with zero attached hydrogens (tertiary/aromatic N) is 1. The van der Waals surface area contributed by atoms with Gasteiger partial charge in [0, 0.05) is 26.7 Å². The first kappa shape index (κ1) is 17.2. The third kappa shape index (κ3) is 3.36. The highest BCUT2D eigenvalue weighted by atomic mass is 35.5. The lowest BCUT2D eigenvalue weighted by atomic mass is 10.1. The Morgan fingerprint density at radius 1 is 0.654 bits per heavy atom. The topological polar surface area (TPSA) is 28.7 Å². The van der Waals surface area contributed by atoms with E-state index in [0.717, 1.165) is 28.1 Å². The standard InChI is InChI=1S/C21H13Cl3N2/c22-15-9-5-13(6-10-15)19-20(14-7-11-16(23)12-8-14)26-21(25-19)17-3-1-2-4-18(17)24/h1-12H,(H,25,26). The lowest BCUT2D eigenvalue weighted by Crippen LogP contribution is -1.83. The maximum atomic E-state index is 6.36. The van der Waals surface area contributed by atoms with Crippen LogP contribution in [-0.2, 0) is 0 Å². The highest BCUT2D eigenvalue weighted by Gasteiger charge is 2.16. The van der Waals surface area contributed by atoms with Gasteiger partial charge in [-0.05, 0) is 36.4 Å². The molecule has 1 heterocycles. The molecule has 4 aromatic rings. The number of rotatable bonds is 3. The van der Waals surface area contributed by atoms with Crippen LogP contribution in [-0.4, -0.2) is 9.97 Å². The van der Waals surface area contributed by atoms with E-state index in [1.807, 2.05) is 72.8 Å². The predicted molar refractivity (Wildman–Crippen MR) is 110 cm³/mol. The Morgan fingerprint density at radius 3 is 1.85 bits per heavy atom. The molecule has 4 rings (SSSR count). The minimum absolute atomic E-state index is 0.645. The number of imidazole rings is 1. The summed E-state index contributed by atoms with van der Waals surface area (Å²) < 4.78 is 0. The molecular weight excluding hydrogens is 387 g/mol. The molecule has 5 heteroatoms. The fourth-order valence-corrected chi connectivity index (χ4v) is 3.27. The van der Waals surface area contributed by atoms with Gasteiger partial charge in [0.25, 0.3) is 0 Å². The summed E-state index contributed by atoms with van der Waals surface area (Å²) in [5.74, 6) is 0.713. The highest BCUT2D eigenvalue weighted by molar-refractivity contribution is 6.33. The predicted octanol–water partition coefficient (Wildman–Crippen LogP) is 7.37. The number of aromatic amines is 1. The van der Waals surface area contributed by atoms with Crippen LogP contribution >= 0.6 is 34.8 Å². The van der Waals surface area contributed by atoms with Gasteiger partial charge in [-0.2, -0.15) is 0 Å². The molecule has 2 nitrogen and oxygen atoms in total. The van der Waals surface area contributed by atoms with Crippen LogP contribution in [0.4, 0.5) is 0 Å². The van der Waals surface area contributed by atoms with Gasteiger partial charge in [0.15, 0.2) is 0 Å². The van der Waals surface area contributed by atoms with Crippen LogP contribution in [0.2, 0.25) is 15.1 Å². The van der Waals surface area contributed by atoms with Crippen molar-refractivity contribution in [2.24, 2.45) is 0 Å². The average molecular weight is 400 g/mol. The van der Waals surface area contributed by atoms with E-state index in [-0.39, 0.29) is 0 Å². The van der Waals surface area contributed by atoms with Gasteiger partial charge in [-0.15, -0.1) is 0 Å². The molecule has 1 N–H and O–H groups in total. The molecule has 3 aromatic carbocycles. The van der Waals surface area contributed by atoms with Crippen LogP contribution in [0.1, 0.15) is 0 Å². The Bertz CT molecular complexity index is 989. The summed E-state index contributed by atoms with van der Waals surface area (Å²) in [6, 6.07) is 22.9. The molecule has 26 heavy (non-hydrogen) atoms. The van der Waals surface area contributed by atoms with Crippen LogP contribution in [0.5, 0.6) is 0 Å². The molecule has 0 spiro atoms. The van der Waals surface area contributed by atoms with E-state index in [2.05, 4.69) is 4.98 Å². The van der Waals surface area contributed by atoms with E-state index in [1.54, 1.807) is 0 Å². The highest BCUT2D eigenvalue weighted by Crippen LogP contribution is 2.35. The first-order chi connectivity index (χ1) is 12.6. The van der Waals surface area contributed by atoms with E-state index in [9.17, 15) is 0 Å². The molecule has 1 aromatic heterocycles. The second-order valence-corrected chi connectivity index (χ2v) is 7.08. The smallest absolute Gasteiger partial charge is 0.140 e. The van der Waals surface area contributed by atoms with Crippen molar-refractivity contribution in [1.29, 1.82) is 0 Å². The Labute approximate surface area is 166 Å². The Kier molecular flexibility index (Phi) is 4.73. The van der Waals surface area contributed by atoms with Gasteiger partial charge in [0.1, 0.15) is 5.82 Å². The molecule has 0 saturated heterocycles. The van der Waals surface area contributed by atoms with Crippen LogP contribution in [0, 0.1) is 0 Å². The molecule has 128 valence electrons. The average Bonchev–Trinajstić information content (AvgIpc) is 3.08. The quantitative estimate of drug-likeness (QED) is 0.383. The minimum atomic E-state index is 0.645. The molecular formula is C21H13Cl3N2. The second-order valence-electron chi connectivity index (χ2n) is 5.80. The van der Waals surface area contributed by atoms with Crippen molar-refractivity contribution in [2.45, 2.75) is 0 Å². The zero-order valence-electron chi connectivity index (χ0n) is 13.5. The van der Waals surface area contributed by atoms with Crippen LogP contribution < -0.4 is 0 Å². The van der Waals surface area contributed by atoms with E-state index in [1.165, 1.54) is 0 Å². The van der Waals surface area contributed by atoms with Gasteiger partial charge in [-0.3, -0.25) is 0 Å². The molecule has 0 amide bonds. The van der Waals surface area contributed by atoms with Crippen molar-refractivity contribution < 1.29 is 0 Å². The van der Waals surface area contributed by atoms with Gasteiger partial charge < -0.3 is 4.98 Å². The summed E-state index contributed by atoms with van der Waals surface area (Å²) in [7, 11) is 0. The molecule has 0 atom stereocenters. The van der Waals surface area contributed by atoms with Crippen LogP contribution in [0.15, 0.2) is 72.8 Å². The maximum Gasteiger partial charge on any atom is 0.140 e. The first-order valence-electron chi connectivity index (χ1n) is 7.98. The lowest BCUT2D eigenvalue weighted by molar-refractivity contribution is 1.31. The zero-order valence-corrected chi connectivity index (χ0v) is 15.8. The number of benzene rings is 3. The molecule has 0 fully saturated rings. The zero-order chi connectivity index (χ0) is 18.1. The SMILES string of the molecule is Clc1ccc(-c2nc(-c3ccccc3Cl)[nH]c2-c2ccc(Cl)cc2)cc1. The Morgan fingerprint density at radius 2 is 1.23 bits per heavy atom. The molecule has 0 unspecified atom stereocenters. The summed E-state index contributed by atoms with van der Waals surface area (Å²) in [5, 5.41) is 2.02. The summed E-state index contributed by atoms with van der Waals surface area (Å²) in [5.41, 5.74) is 4.54. The molecule has 0 saturated carbocycles. The third-order valence-electron chi connectivity index (χ3n) is 4.08. The van der Waals surface area contributed by atoms with Crippen molar-refractivity contribution in [2.75, 3.05) is 0 Å². The van der Waals surface area contributed by atoms with Crippen molar-refractivity contribution in [3.63, 3.8) is 0 Å². The number of halogens is 3. The fraction of sp³-hybridized carbons (Fsp3) is 0. The lowest BCUT2D eigenvalue weighted by Gasteiger charge is -2.03. The van der Waals surface area contributed by atoms with Crippen molar-refractivity contribution in [3.8, 4) is 33.9 Å². The fourth-order valence-electron chi connectivity index (χ4n) is 2.80.